The van der Waals surface area contributed by atoms with E-state index >= 15 is 0 Å². The van der Waals surface area contributed by atoms with Gasteiger partial charge in [0.1, 0.15) is 5.69 Å². The van der Waals surface area contributed by atoms with Crippen LogP contribution in [0.1, 0.15) is 10.4 Å². The highest BCUT2D eigenvalue weighted by atomic mass is 16.6. The summed E-state index contributed by atoms with van der Waals surface area (Å²) in [7, 11) is 2.07. The van der Waals surface area contributed by atoms with E-state index in [0.29, 0.717) is 37.4 Å². The third-order valence-corrected chi connectivity index (χ3v) is 5.95. The molecule has 0 aromatic heterocycles. The molecule has 2 aromatic rings. The van der Waals surface area contributed by atoms with E-state index in [2.05, 4.69) is 21.7 Å². The minimum absolute atomic E-state index is 0.0528. The van der Waals surface area contributed by atoms with Gasteiger partial charge in [0.2, 0.25) is 0 Å². The van der Waals surface area contributed by atoms with Gasteiger partial charge in [0.15, 0.2) is 0 Å². The molecule has 1 amide bonds. The molecule has 0 saturated carbocycles. The highest BCUT2D eigenvalue weighted by molar-refractivity contribution is 5.94. The zero-order valence-corrected chi connectivity index (χ0v) is 17.2. The van der Waals surface area contributed by atoms with Gasteiger partial charge in [-0.25, -0.2) is 0 Å². The number of hydrogen-bond donors (Lipinski definition) is 0. The van der Waals surface area contributed by atoms with Crippen molar-refractivity contribution >= 4 is 23.0 Å². The Morgan fingerprint density at radius 3 is 2.13 bits per heavy atom. The fraction of sp³-hybridized carbons (Fsp3) is 0.409. The number of amides is 1. The Hall–Kier alpha value is -3.13. The molecule has 0 N–H and O–H groups in total. The van der Waals surface area contributed by atoms with Crippen LogP contribution in [-0.2, 0) is 0 Å². The molecule has 2 heterocycles. The van der Waals surface area contributed by atoms with Gasteiger partial charge < -0.3 is 19.6 Å². The molecule has 8 nitrogen and oxygen atoms in total. The second-order valence-electron chi connectivity index (χ2n) is 7.87. The molecule has 0 unspecified atom stereocenters. The summed E-state index contributed by atoms with van der Waals surface area (Å²) in [6.45, 7) is 6.02. The lowest BCUT2D eigenvalue weighted by Gasteiger charge is -2.37. The van der Waals surface area contributed by atoms with Crippen LogP contribution >= 0.6 is 0 Å². The van der Waals surface area contributed by atoms with Crippen LogP contribution < -0.4 is 9.80 Å². The van der Waals surface area contributed by atoms with Crippen molar-refractivity contribution in [1.29, 1.82) is 0 Å². The van der Waals surface area contributed by atoms with Crippen LogP contribution in [0.4, 0.5) is 17.1 Å². The van der Waals surface area contributed by atoms with E-state index < -0.39 is 0 Å². The van der Waals surface area contributed by atoms with Gasteiger partial charge in [-0.2, -0.15) is 0 Å². The smallest absolute Gasteiger partial charge is 0.292 e. The van der Waals surface area contributed by atoms with Crippen LogP contribution in [0.25, 0.3) is 0 Å². The van der Waals surface area contributed by atoms with Gasteiger partial charge >= 0.3 is 0 Å². The predicted molar refractivity (Wildman–Crippen MR) is 117 cm³/mol. The molecule has 30 heavy (non-hydrogen) atoms. The van der Waals surface area contributed by atoms with Crippen molar-refractivity contribution in [1.82, 2.24) is 9.80 Å². The fourth-order valence-corrected chi connectivity index (χ4v) is 4.09. The Labute approximate surface area is 176 Å². The van der Waals surface area contributed by atoms with Gasteiger partial charge in [-0.15, -0.1) is 0 Å². The maximum absolute atomic E-state index is 12.7. The molecular formula is C22H27N5O3. The number of benzene rings is 2. The van der Waals surface area contributed by atoms with Gasteiger partial charge in [-0.1, -0.05) is 18.2 Å². The maximum atomic E-state index is 12.7. The number of hydrogen-bond acceptors (Lipinski definition) is 6. The monoisotopic (exact) mass is 409 g/mol. The lowest BCUT2D eigenvalue weighted by molar-refractivity contribution is -0.384. The number of anilines is 2. The van der Waals surface area contributed by atoms with Crippen molar-refractivity contribution in [2.45, 2.75) is 0 Å². The number of nitro groups is 1. The van der Waals surface area contributed by atoms with Crippen molar-refractivity contribution in [3.05, 3.63) is 64.2 Å². The summed E-state index contributed by atoms with van der Waals surface area (Å²) in [6, 6.07) is 14.7. The summed E-state index contributed by atoms with van der Waals surface area (Å²) in [6.07, 6.45) is 0. The molecule has 0 radical (unpaired) electrons. The van der Waals surface area contributed by atoms with Crippen molar-refractivity contribution in [2.24, 2.45) is 0 Å². The number of carbonyl (C=O) groups is 1. The van der Waals surface area contributed by atoms with Crippen LogP contribution in [0.15, 0.2) is 48.5 Å². The van der Waals surface area contributed by atoms with Crippen molar-refractivity contribution in [3.63, 3.8) is 0 Å². The molecule has 2 aromatic carbocycles. The fourth-order valence-electron chi connectivity index (χ4n) is 4.09. The van der Waals surface area contributed by atoms with Gasteiger partial charge in [0, 0.05) is 69.7 Å². The van der Waals surface area contributed by atoms with Gasteiger partial charge in [-0.05, 0) is 31.3 Å². The summed E-state index contributed by atoms with van der Waals surface area (Å²) in [5, 5.41) is 11.6. The van der Waals surface area contributed by atoms with E-state index in [-0.39, 0.29) is 16.5 Å². The lowest BCUT2D eigenvalue weighted by atomic mass is 10.1. The van der Waals surface area contributed by atoms with Crippen molar-refractivity contribution in [2.75, 3.05) is 69.2 Å². The van der Waals surface area contributed by atoms with E-state index in [1.165, 1.54) is 0 Å². The molecule has 0 bridgehead atoms. The average molecular weight is 409 g/mol. The molecule has 0 aliphatic carbocycles. The molecule has 0 spiro atoms. The molecular weight excluding hydrogens is 382 g/mol. The number of piperazine rings is 2. The molecule has 158 valence electrons. The molecule has 2 aliphatic rings. The highest BCUT2D eigenvalue weighted by Crippen LogP contribution is 2.33. The van der Waals surface area contributed by atoms with E-state index in [9.17, 15) is 14.9 Å². The first kappa shape index (κ1) is 20.2. The third kappa shape index (κ3) is 4.23. The first-order valence-corrected chi connectivity index (χ1v) is 10.3. The first-order valence-electron chi connectivity index (χ1n) is 10.3. The summed E-state index contributed by atoms with van der Waals surface area (Å²) in [5.41, 5.74) is 2.52. The average Bonchev–Trinajstić information content (AvgIpc) is 2.79. The molecule has 0 atom stereocenters. The quantitative estimate of drug-likeness (QED) is 0.570. The summed E-state index contributed by atoms with van der Waals surface area (Å²) in [5.74, 6) is 0.0528. The second-order valence-corrected chi connectivity index (χ2v) is 7.87. The van der Waals surface area contributed by atoms with E-state index in [0.717, 1.165) is 31.9 Å². The Bertz CT molecular complexity index is 904. The largest absolute Gasteiger partial charge is 0.368 e. The highest BCUT2D eigenvalue weighted by Gasteiger charge is 2.26. The van der Waals surface area contributed by atoms with Crippen molar-refractivity contribution in [3.8, 4) is 0 Å². The van der Waals surface area contributed by atoms with E-state index in [1.54, 1.807) is 6.07 Å². The Morgan fingerprint density at radius 1 is 0.867 bits per heavy atom. The third-order valence-electron chi connectivity index (χ3n) is 5.95. The van der Waals surface area contributed by atoms with Crippen LogP contribution in [0, 0.1) is 10.1 Å². The van der Waals surface area contributed by atoms with Gasteiger partial charge in [-0.3, -0.25) is 14.9 Å². The van der Waals surface area contributed by atoms with Crippen molar-refractivity contribution < 1.29 is 9.72 Å². The molecule has 2 aliphatic heterocycles. The number of carbonyl (C=O) groups excluding carboxylic acids is 1. The second kappa shape index (κ2) is 8.71. The first-order chi connectivity index (χ1) is 14.5. The minimum atomic E-state index is -0.298. The topological polar surface area (TPSA) is 73.2 Å². The SMILES string of the molecule is CN1CCN(c2cc(N3CCN(C(=O)c4ccccc4)CC3)ccc2[N+](=O)[O-])CC1. The zero-order valence-electron chi connectivity index (χ0n) is 17.2. The Morgan fingerprint density at radius 2 is 1.50 bits per heavy atom. The van der Waals surface area contributed by atoms with Gasteiger partial charge in [0.05, 0.1) is 4.92 Å². The van der Waals surface area contributed by atoms with Crippen LogP contribution in [-0.4, -0.2) is 80.0 Å². The number of nitrogens with zero attached hydrogens (tertiary/aromatic N) is 5. The molecule has 2 fully saturated rings. The molecule has 8 heteroatoms. The summed E-state index contributed by atoms with van der Waals surface area (Å²) < 4.78 is 0. The molecule has 4 rings (SSSR count). The lowest BCUT2D eigenvalue weighted by Crippen LogP contribution is -2.49. The van der Waals surface area contributed by atoms with Crippen LogP contribution in [0.5, 0.6) is 0 Å². The number of likely N-dealkylation sites (N-methyl/N-ethyl adjacent to an activating group) is 1. The normalized spacial score (nSPS) is 17.8. The van der Waals surface area contributed by atoms with E-state index in [1.807, 2.05) is 47.4 Å². The Balaban J connectivity index is 1.47. The molecule has 2 saturated heterocycles. The standard InChI is InChI=1S/C22H27N5O3/c1-23-9-11-25(12-10-23)21-17-19(7-8-20(21)27(29)30)24-13-15-26(16-14-24)22(28)18-5-3-2-4-6-18/h2-8,17H,9-16H2,1H3. The van der Waals surface area contributed by atoms with Gasteiger partial charge in [0.25, 0.3) is 11.6 Å². The number of rotatable bonds is 4. The number of nitro benzene ring substituents is 1. The Kier molecular flexibility index (Phi) is 5.85. The predicted octanol–water partition coefficient (Wildman–Crippen LogP) is 2.31. The minimum Gasteiger partial charge on any atom is -0.368 e. The van der Waals surface area contributed by atoms with E-state index in [4.69, 9.17) is 0 Å². The summed E-state index contributed by atoms with van der Waals surface area (Å²) in [4.78, 5) is 32.4. The summed E-state index contributed by atoms with van der Waals surface area (Å²) >= 11 is 0. The van der Waals surface area contributed by atoms with Crippen LogP contribution in [0.3, 0.4) is 0 Å². The maximum Gasteiger partial charge on any atom is 0.292 e. The van der Waals surface area contributed by atoms with Crippen LogP contribution in [0.2, 0.25) is 0 Å². The zero-order chi connectivity index (χ0) is 21.1.